The van der Waals surface area contributed by atoms with Crippen molar-refractivity contribution in [1.29, 1.82) is 0 Å². The summed E-state index contributed by atoms with van der Waals surface area (Å²) in [5.41, 5.74) is 3.96. The molecule has 2 unspecified atom stereocenters. The molecule has 0 radical (unpaired) electrons. The number of rotatable bonds is 11. The second-order valence-electron chi connectivity index (χ2n) is 10.9. The molecule has 6 rings (SSSR count). The highest BCUT2D eigenvalue weighted by Gasteiger charge is 2.41. The highest BCUT2D eigenvalue weighted by Crippen LogP contribution is 2.41. The van der Waals surface area contributed by atoms with Crippen molar-refractivity contribution in [3.05, 3.63) is 77.5 Å². The lowest BCUT2D eigenvalue weighted by atomic mass is 10.1. The van der Waals surface area contributed by atoms with Gasteiger partial charge in [0, 0.05) is 62.8 Å². The largest absolute Gasteiger partial charge is 0.379 e. The van der Waals surface area contributed by atoms with Crippen LogP contribution in [0.15, 0.2) is 55.0 Å². The Morgan fingerprint density at radius 2 is 1.86 bits per heavy atom. The van der Waals surface area contributed by atoms with Crippen molar-refractivity contribution in [2.45, 2.75) is 39.0 Å². The van der Waals surface area contributed by atoms with Gasteiger partial charge in [0.1, 0.15) is 29.8 Å². The molecule has 5 heterocycles. The molecule has 0 saturated carbocycles. The molecule has 0 spiro atoms. The molecule has 2 aliphatic rings. The standard InChI is InChI=1S/C30H35F2N9O2/c1-19-4-5-21(28-29(43-28)37-22-6-7-33-24(16-22)30(3,31)32)15-23(19)38-27-14-20(2)39-41(27)26-17-25(35-18-36-26)34-8-9-40-10-12-42-13-11-40/h4-7,14-18,28-29,38H,8-13H2,1-3H3,(H,33,37)(H,34,35,36). The topological polar surface area (TPSA) is 118 Å². The van der Waals surface area contributed by atoms with Crippen molar-refractivity contribution in [3.8, 4) is 5.82 Å². The van der Waals surface area contributed by atoms with Crippen LogP contribution in [0.4, 0.5) is 31.8 Å². The number of hydrogen-bond donors (Lipinski definition) is 3. The first kappa shape index (κ1) is 28.9. The highest BCUT2D eigenvalue weighted by atomic mass is 19.3. The zero-order chi connectivity index (χ0) is 30.0. The third-order valence-corrected chi connectivity index (χ3v) is 7.40. The first-order valence-corrected chi connectivity index (χ1v) is 14.3. The quantitative estimate of drug-likeness (QED) is 0.210. The molecule has 2 atom stereocenters. The average molecular weight is 592 g/mol. The number of pyridine rings is 1. The first-order valence-electron chi connectivity index (χ1n) is 14.3. The lowest BCUT2D eigenvalue weighted by Crippen LogP contribution is -2.39. The predicted molar refractivity (Wildman–Crippen MR) is 159 cm³/mol. The van der Waals surface area contributed by atoms with E-state index in [1.165, 1.54) is 18.6 Å². The van der Waals surface area contributed by atoms with E-state index in [1.807, 2.05) is 44.2 Å². The molecule has 226 valence electrons. The summed E-state index contributed by atoms with van der Waals surface area (Å²) in [5.74, 6) is -0.898. The number of hydrogen-bond acceptors (Lipinski definition) is 10. The van der Waals surface area contributed by atoms with E-state index >= 15 is 0 Å². The van der Waals surface area contributed by atoms with Gasteiger partial charge in [0.25, 0.3) is 5.92 Å². The summed E-state index contributed by atoms with van der Waals surface area (Å²) < 4.78 is 40.5. The van der Waals surface area contributed by atoms with Crippen molar-refractivity contribution in [1.82, 2.24) is 29.6 Å². The summed E-state index contributed by atoms with van der Waals surface area (Å²) in [6.45, 7) is 9.88. The second-order valence-corrected chi connectivity index (χ2v) is 10.9. The molecule has 1 aromatic carbocycles. The van der Waals surface area contributed by atoms with Crippen LogP contribution < -0.4 is 16.0 Å². The van der Waals surface area contributed by atoms with Gasteiger partial charge in [-0.1, -0.05) is 12.1 Å². The van der Waals surface area contributed by atoms with Crippen molar-refractivity contribution < 1.29 is 18.3 Å². The van der Waals surface area contributed by atoms with Crippen molar-refractivity contribution in [2.24, 2.45) is 0 Å². The zero-order valence-corrected chi connectivity index (χ0v) is 24.3. The van der Waals surface area contributed by atoms with Crippen LogP contribution in [-0.2, 0) is 15.4 Å². The molecule has 0 amide bonds. The fourth-order valence-electron chi connectivity index (χ4n) is 4.98. The van der Waals surface area contributed by atoms with Crippen LogP contribution in [0.5, 0.6) is 0 Å². The van der Waals surface area contributed by atoms with Gasteiger partial charge < -0.3 is 25.4 Å². The summed E-state index contributed by atoms with van der Waals surface area (Å²) >= 11 is 0. The molecule has 4 aromatic rings. The van der Waals surface area contributed by atoms with Crippen LogP contribution in [-0.4, -0.2) is 75.3 Å². The Labute approximate surface area is 248 Å². The van der Waals surface area contributed by atoms with Crippen molar-refractivity contribution in [3.63, 3.8) is 0 Å². The van der Waals surface area contributed by atoms with Crippen LogP contribution in [0, 0.1) is 13.8 Å². The predicted octanol–water partition coefficient (Wildman–Crippen LogP) is 4.78. The fraction of sp³-hybridized carbons (Fsp3) is 0.400. The lowest BCUT2D eigenvalue weighted by Gasteiger charge is -2.26. The second kappa shape index (κ2) is 12.2. The van der Waals surface area contributed by atoms with Gasteiger partial charge in [-0.05, 0) is 43.2 Å². The molecule has 43 heavy (non-hydrogen) atoms. The molecule has 0 bridgehead atoms. The summed E-state index contributed by atoms with van der Waals surface area (Å²) in [6, 6.07) is 12.9. The van der Waals surface area contributed by atoms with Crippen LogP contribution in [0.3, 0.4) is 0 Å². The van der Waals surface area contributed by atoms with E-state index < -0.39 is 5.92 Å². The molecule has 2 saturated heterocycles. The van der Waals surface area contributed by atoms with Gasteiger partial charge >= 0.3 is 0 Å². The Kier molecular flexibility index (Phi) is 8.19. The van der Waals surface area contributed by atoms with Crippen LogP contribution in [0.1, 0.15) is 35.5 Å². The minimum absolute atomic E-state index is 0.223. The summed E-state index contributed by atoms with van der Waals surface area (Å²) in [7, 11) is 0. The first-order chi connectivity index (χ1) is 20.7. The number of halogens is 2. The number of epoxide rings is 1. The van der Waals surface area contributed by atoms with Gasteiger partial charge in [0.2, 0.25) is 0 Å². The number of benzene rings is 1. The number of nitrogens with one attached hydrogen (secondary N) is 3. The number of nitrogens with zero attached hydrogens (tertiary/aromatic N) is 6. The Morgan fingerprint density at radius 1 is 1.02 bits per heavy atom. The number of aromatic nitrogens is 5. The van der Waals surface area contributed by atoms with E-state index in [9.17, 15) is 8.78 Å². The van der Waals surface area contributed by atoms with Gasteiger partial charge in [-0.15, -0.1) is 0 Å². The van der Waals surface area contributed by atoms with Crippen molar-refractivity contribution >= 4 is 23.0 Å². The number of aryl methyl sites for hydroxylation is 2. The minimum Gasteiger partial charge on any atom is -0.379 e. The number of ether oxygens (including phenoxy) is 2. The summed E-state index contributed by atoms with van der Waals surface area (Å²) in [4.78, 5) is 15.0. The SMILES string of the molecule is Cc1cc(Nc2cc(C3OC3Nc3ccnc(C(C)(F)F)c3)ccc2C)n(-c2cc(NCCN3CCOCC3)ncn2)n1. The maximum atomic E-state index is 13.7. The maximum absolute atomic E-state index is 13.7. The van der Waals surface area contributed by atoms with Crippen LogP contribution >= 0.6 is 0 Å². The average Bonchev–Trinajstić information content (AvgIpc) is 3.66. The highest BCUT2D eigenvalue weighted by molar-refractivity contribution is 5.64. The van der Waals surface area contributed by atoms with Gasteiger partial charge in [-0.3, -0.25) is 9.88 Å². The van der Waals surface area contributed by atoms with E-state index in [2.05, 4.69) is 40.9 Å². The Hall–Kier alpha value is -4.20. The molecule has 3 aromatic heterocycles. The molecule has 2 fully saturated rings. The van der Waals surface area contributed by atoms with E-state index in [-0.39, 0.29) is 18.0 Å². The third-order valence-electron chi connectivity index (χ3n) is 7.40. The normalized spacial score (nSPS) is 18.8. The van der Waals surface area contributed by atoms with E-state index in [0.29, 0.717) is 11.5 Å². The van der Waals surface area contributed by atoms with Gasteiger partial charge in [-0.2, -0.15) is 18.6 Å². The fourth-order valence-corrected chi connectivity index (χ4v) is 4.98. The molecular formula is C30H35F2N9O2. The Bertz CT molecular complexity index is 1570. The molecule has 2 aliphatic heterocycles. The van der Waals surface area contributed by atoms with E-state index in [0.717, 1.165) is 80.5 Å². The summed E-state index contributed by atoms with van der Waals surface area (Å²) in [5, 5.41) is 14.8. The minimum atomic E-state index is -3.02. The van der Waals surface area contributed by atoms with Gasteiger partial charge in [0.05, 0.1) is 18.9 Å². The number of alkyl halides is 2. The monoisotopic (exact) mass is 591 g/mol. The van der Waals surface area contributed by atoms with Gasteiger partial charge in [-0.25, -0.2) is 9.97 Å². The van der Waals surface area contributed by atoms with Crippen LogP contribution in [0.2, 0.25) is 0 Å². The van der Waals surface area contributed by atoms with E-state index in [1.54, 1.807) is 10.7 Å². The van der Waals surface area contributed by atoms with E-state index in [4.69, 9.17) is 9.47 Å². The van der Waals surface area contributed by atoms with Crippen molar-refractivity contribution in [2.75, 3.05) is 55.3 Å². The van der Waals surface area contributed by atoms with Crippen LogP contribution in [0.25, 0.3) is 5.82 Å². The maximum Gasteiger partial charge on any atom is 0.287 e. The Morgan fingerprint density at radius 3 is 2.67 bits per heavy atom. The molecule has 3 N–H and O–H groups in total. The third kappa shape index (κ3) is 7.07. The molecule has 11 nitrogen and oxygen atoms in total. The Balaban J connectivity index is 1.13. The molecule has 13 heteroatoms. The lowest BCUT2D eigenvalue weighted by molar-refractivity contribution is 0.0128. The smallest absolute Gasteiger partial charge is 0.287 e. The zero-order valence-electron chi connectivity index (χ0n) is 24.3. The molecular weight excluding hydrogens is 556 g/mol. The van der Waals surface area contributed by atoms with Gasteiger partial charge in [0.15, 0.2) is 12.0 Å². The summed E-state index contributed by atoms with van der Waals surface area (Å²) in [6.07, 6.45) is 2.34. The number of anilines is 4. The number of morpholine rings is 1. The molecule has 0 aliphatic carbocycles.